The Labute approximate surface area is 92.7 Å². The summed E-state index contributed by atoms with van der Waals surface area (Å²) >= 11 is 0. The fourth-order valence-electron chi connectivity index (χ4n) is 1.85. The van der Waals surface area contributed by atoms with Gasteiger partial charge in [0.15, 0.2) is 11.6 Å². The van der Waals surface area contributed by atoms with Crippen molar-refractivity contribution in [1.82, 2.24) is 5.32 Å². The molecule has 0 heterocycles. The largest absolute Gasteiger partial charge is 0.347 e. The Morgan fingerprint density at radius 1 is 1.38 bits per heavy atom. The highest BCUT2D eigenvalue weighted by molar-refractivity contribution is 5.95. The van der Waals surface area contributed by atoms with Crippen molar-refractivity contribution >= 4 is 5.91 Å². The average Bonchev–Trinajstić information content (AvgIpc) is 2.19. The summed E-state index contributed by atoms with van der Waals surface area (Å²) < 4.78 is 26.2. The van der Waals surface area contributed by atoms with Crippen LogP contribution in [0.5, 0.6) is 0 Å². The molecule has 0 atom stereocenters. The predicted octanol–water partition coefficient (Wildman–Crippen LogP) is 2.64. The Bertz CT molecular complexity index is 427. The van der Waals surface area contributed by atoms with Gasteiger partial charge in [0.1, 0.15) is 0 Å². The zero-order chi connectivity index (χ0) is 11.8. The molecule has 16 heavy (non-hydrogen) atoms. The van der Waals surface area contributed by atoms with Crippen LogP contribution in [0.1, 0.15) is 36.5 Å². The van der Waals surface area contributed by atoms with Crippen molar-refractivity contribution < 1.29 is 13.6 Å². The highest BCUT2D eigenvalue weighted by Gasteiger charge is 2.34. The van der Waals surface area contributed by atoms with Crippen molar-refractivity contribution in [3.05, 3.63) is 35.4 Å². The number of rotatable bonds is 2. The van der Waals surface area contributed by atoms with E-state index in [1.807, 2.05) is 6.92 Å². The molecule has 1 saturated carbocycles. The number of hydrogen-bond donors (Lipinski definition) is 1. The van der Waals surface area contributed by atoms with E-state index in [1.165, 1.54) is 12.1 Å². The molecule has 0 bridgehead atoms. The van der Waals surface area contributed by atoms with E-state index < -0.39 is 17.5 Å². The molecule has 1 aliphatic rings. The molecule has 0 radical (unpaired) electrons. The third kappa shape index (κ3) is 1.92. The van der Waals surface area contributed by atoms with E-state index in [1.54, 1.807) is 0 Å². The average molecular weight is 225 g/mol. The number of nitrogens with one attached hydrogen (secondary N) is 1. The fraction of sp³-hybridized carbons (Fsp3) is 0.417. The van der Waals surface area contributed by atoms with E-state index in [9.17, 15) is 13.6 Å². The first-order chi connectivity index (χ1) is 7.52. The molecule has 1 amide bonds. The molecule has 0 aliphatic heterocycles. The van der Waals surface area contributed by atoms with Crippen LogP contribution in [0.3, 0.4) is 0 Å². The van der Waals surface area contributed by atoms with Gasteiger partial charge in [-0.15, -0.1) is 0 Å². The van der Waals surface area contributed by atoms with Crippen molar-refractivity contribution in [1.29, 1.82) is 0 Å². The van der Waals surface area contributed by atoms with Crippen molar-refractivity contribution in [2.75, 3.05) is 0 Å². The van der Waals surface area contributed by atoms with Gasteiger partial charge in [-0.3, -0.25) is 4.79 Å². The molecule has 2 nitrogen and oxygen atoms in total. The smallest absolute Gasteiger partial charge is 0.254 e. The summed E-state index contributed by atoms with van der Waals surface area (Å²) in [6.45, 7) is 1.91. The number of halogens is 2. The minimum absolute atomic E-state index is 0.229. The second-order valence-electron chi connectivity index (χ2n) is 4.47. The summed E-state index contributed by atoms with van der Waals surface area (Å²) in [5, 5.41) is 2.73. The molecule has 1 aliphatic carbocycles. The minimum Gasteiger partial charge on any atom is -0.347 e. The summed E-state index contributed by atoms with van der Waals surface area (Å²) in [5.74, 6) is -2.62. The van der Waals surface area contributed by atoms with Crippen LogP contribution in [0.2, 0.25) is 0 Å². The molecule has 0 aromatic heterocycles. The van der Waals surface area contributed by atoms with E-state index in [0.717, 1.165) is 25.3 Å². The van der Waals surface area contributed by atoms with Crippen molar-refractivity contribution in [2.24, 2.45) is 0 Å². The predicted molar refractivity (Wildman–Crippen MR) is 56.1 cm³/mol. The molecular weight excluding hydrogens is 212 g/mol. The maximum atomic E-state index is 13.3. The monoisotopic (exact) mass is 225 g/mol. The van der Waals surface area contributed by atoms with Crippen LogP contribution < -0.4 is 5.32 Å². The summed E-state index contributed by atoms with van der Waals surface area (Å²) in [6, 6.07) is 3.61. The molecule has 86 valence electrons. The Hall–Kier alpha value is -1.45. The molecular formula is C12H13F2NO. The normalized spacial score (nSPS) is 17.7. The zero-order valence-corrected chi connectivity index (χ0v) is 9.02. The van der Waals surface area contributed by atoms with E-state index in [-0.39, 0.29) is 11.1 Å². The minimum atomic E-state index is -1.08. The van der Waals surface area contributed by atoms with E-state index in [4.69, 9.17) is 0 Å². The van der Waals surface area contributed by atoms with Crippen LogP contribution in [0.25, 0.3) is 0 Å². The fourth-order valence-corrected chi connectivity index (χ4v) is 1.85. The Morgan fingerprint density at radius 2 is 2.06 bits per heavy atom. The van der Waals surface area contributed by atoms with Gasteiger partial charge in [-0.25, -0.2) is 8.78 Å². The number of hydrogen-bond acceptors (Lipinski definition) is 1. The maximum absolute atomic E-state index is 13.3. The highest BCUT2D eigenvalue weighted by Crippen LogP contribution is 2.31. The molecule has 1 aromatic rings. The molecule has 2 rings (SSSR count). The van der Waals surface area contributed by atoms with Crippen LogP contribution in [0.4, 0.5) is 8.78 Å². The quantitative estimate of drug-likeness (QED) is 0.823. The van der Waals surface area contributed by atoms with Gasteiger partial charge in [-0.05, 0) is 38.3 Å². The van der Waals surface area contributed by atoms with Gasteiger partial charge < -0.3 is 5.32 Å². The molecule has 0 spiro atoms. The highest BCUT2D eigenvalue weighted by atomic mass is 19.2. The Kier molecular flexibility index (Phi) is 2.66. The molecule has 0 saturated heterocycles. The van der Waals surface area contributed by atoms with E-state index in [2.05, 4.69) is 5.32 Å². The lowest BCUT2D eigenvalue weighted by Gasteiger charge is -2.39. The standard InChI is InChI=1S/C12H13F2NO/c1-12(6-3-7-12)15-11(16)8-4-2-5-9(13)10(8)14/h2,4-5H,3,6-7H2,1H3,(H,15,16). The number of benzene rings is 1. The number of amides is 1. The van der Waals surface area contributed by atoms with Crippen LogP contribution in [0, 0.1) is 11.6 Å². The van der Waals surface area contributed by atoms with Crippen molar-refractivity contribution in [3.63, 3.8) is 0 Å². The Balaban J connectivity index is 2.17. The number of carbonyl (C=O) groups is 1. The van der Waals surface area contributed by atoms with E-state index >= 15 is 0 Å². The number of carbonyl (C=O) groups excluding carboxylic acids is 1. The van der Waals surface area contributed by atoms with Crippen LogP contribution in [0.15, 0.2) is 18.2 Å². The Morgan fingerprint density at radius 3 is 2.62 bits per heavy atom. The SMILES string of the molecule is CC1(NC(=O)c2cccc(F)c2F)CCC1. The summed E-state index contributed by atoms with van der Waals surface area (Å²) in [4.78, 5) is 11.7. The first kappa shape index (κ1) is 11.0. The molecule has 1 aromatic carbocycles. The first-order valence-electron chi connectivity index (χ1n) is 5.28. The summed E-state index contributed by atoms with van der Waals surface area (Å²) in [5.41, 5.74) is -0.483. The van der Waals surface area contributed by atoms with Crippen LogP contribution in [-0.2, 0) is 0 Å². The van der Waals surface area contributed by atoms with Crippen molar-refractivity contribution in [2.45, 2.75) is 31.7 Å². The lowest BCUT2D eigenvalue weighted by atomic mass is 9.78. The summed E-state index contributed by atoms with van der Waals surface area (Å²) in [6.07, 6.45) is 2.83. The summed E-state index contributed by atoms with van der Waals surface area (Å²) in [7, 11) is 0. The molecule has 0 unspecified atom stereocenters. The van der Waals surface area contributed by atoms with Gasteiger partial charge in [-0.1, -0.05) is 6.07 Å². The molecule has 4 heteroatoms. The lowest BCUT2D eigenvalue weighted by molar-refractivity contribution is 0.0845. The van der Waals surface area contributed by atoms with Crippen LogP contribution >= 0.6 is 0 Å². The second kappa shape index (κ2) is 3.85. The van der Waals surface area contributed by atoms with Crippen LogP contribution in [-0.4, -0.2) is 11.4 Å². The van der Waals surface area contributed by atoms with Crippen molar-refractivity contribution in [3.8, 4) is 0 Å². The van der Waals surface area contributed by atoms with E-state index in [0.29, 0.717) is 0 Å². The van der Waals surface area contributed by atoms with Gasteiger partial charge in [0.2, 0.25) is 0 Å². The van der Waals surface area contributed by atoms with Gasteiger partial charge in [0.25, 0.3) is 5.91 Å². The topological polar surface area (TPSA) is 29.1 Å². The van der Waals surface area contributed by atoms with Gasteiger partial charge in [0.05, 0.1) is 5.56 Å². The molecule has 1 fully saturated rings. The van der Waals surface area contributed by atoms with Gasteiger partial charge >= 0.3 is 0 Å². The third-order valence-corrected chi connectivity index (χ3v) is 3.07. The maximum Gasteiger partial charge on any atom is 0.254 e. The molecule has 1 N–H and O–H groups in total. The van der Waals surface area contributed by atoms with Gasteiger partial charge in [-0.2, -0.15) is 0 Å². The third-order valence-electron chi connectivity index (χ3n) is 3.07. The second-order valence-corrected chi connectivity index (χ2v) is 4.47. The zero-order valence-electron chi connectivity index (χ0n) is 9.02. The van der Waals surface area contributed by atoms with Gasteiger partial charge in [0, 0.05) is 5.54 Å². The lowest BCUT2D eigenvalue weighted by Crippen LogP contribution is -2.51. The first-order valence-corrected chi connectivity index (χ1v) is 5.28.